The third-order valence-electron chi connectivity index (χ3n) is 5.18. The van der Waals surface area contributed by atoms with Crippen molar-refractivity contribution < 1.29 is 4.79 Å². The van der Waals surface area contributed by atoms with E-state index in [4.69, 9.17) is 0 Å². The van der Waals surface area contributed by atoms with E-state index < -0.39 is 0 Å². The monoisotopic (exact) mass is 514 g/mol. The smallest absolute Gasteiger partial charge is 0.271 e. The lowest BCUT2D eigenvalue weighted by atomic mass is 10.2. The van der Waals surface area contributed by atoms with Crippen molar-refractivity contribution in [3.63, 3.8) is 0 Å². The Morgan fingerprint density at radius 1 is 1.07 bits per heavy atom. The lowest BCUT2D eigenvalue weighted by Crippen LogP contribution is -2.22. The molecule has 0 aliphatic heterocycles. The molecule has 0 unspecified atom stereocenters. The third kappa shape index (κ3) is 4.92. The summed E-state index contributed by atoms with van der Waals surface area (Å²) in [4.78, 5) is 14.7. The van der Waals surface area contributed by atoms with E-state index in [0.717, 1.165) is 41.4 Å². The standard InChI is InChI=1S/C24H27IN4O/c1-5-28(6-2)22-11-7-19(8-12-22)24(30)27-26-16-20-15-17(3)29(18(20)4)23-13-9-21(25)10-14-23/h7-16H,5-6H2,1-4H3,(H,27,30). The van der Waals surface area contributed by atoms with Gasteiger partial charge in [-0.3, -0.25) is 4.79 Å². The first-order valence-corrected chi connectivity index (χ1v) is 11.2. The molecule has 156 valence electrons. The van der Waals surface area contributed by atoms with E-state index in [1.807, 2.05) is 24.3 Å². The Morgan fingerprint density at radius 3 is 2.30 bits per heavy atom. The molecular weight excluding hydrogens is 487 g/mol. The molecule has 1 heterocycles. The maximum Gasteiger partial charge on any atom is 0.271 e. The molecule has 3 aromatic rings. The minimum absolute atomic E-state index is 0.219. The van der Waals surface area contributed by atoms with Crippen LogP contribution in [0, 0.1) is 17.4 Å². The number of aromatic nitrogens is 1. The minimum Gasteiger partial charge on any atom is -0.372 e. The summed E-state index contributed by atoms with van der Waals surface area (Å²) in [5.41, 5.74) is 8.62. The maximum atomic E-state index is 12.4. The summed E-state index contributed by atoms with van der Waals surface area (Å²) in [6.07, 6.45) is 1.70. The molecule has 0 spiro atoms. The van der Waals surface area contributed by atoms with Gasteiger partial charge in [-0.1, -0.05) is 0 Å². The first-order valence-electron chi connectivity index (χ1n) is 10.1. The lowest BCUT2D eigenvalue weighted by molar-refractivity contribution is 0.0955. The maximum absolute atomic E-state index is 12.4. The van der Waals surface area contributed by atoms with Crippen LogP contribution < -0.4 is 10.3 Å². The van der Waals surface area contributed by atoms with Crippen LogP contribution in [-0.4, -0.2) is 29.8 Å². The molecule has 0 radical (unpaired) electrons. The van der Waals surface area contributed by atoms with Crippen molar-refractivity contribution in [3.05, 3.63) is 80.7 Å². The van der Waals surface area contributed by atoms with Crippen LogP contribution in [0.2, 0.25) is 0 Å². The topological polar surface area (TPSA) is 49.6 Å². The molecule has 0 atom stereocenters. The molecule has 0 aliphatic carbocycles. The van der Waals surface area contributed by atoms with Gasteiger partial charge in [-0.05, 0) is 105 Å². The summed E-state index contributed by atoms with van der Waals surface area (Å²) in [5, 5.41) is 4.18. The predicted octanol–water partition coefficient (Wildman–Crippen LogP) is 5.31. The van der Waals surface area contributed by atoms with Gasteiger partial charge in [-0.15, -0.1) is 0 Å². The van der Waals surface area contributed by atoms with E-state index in [9.17, 15) is 4.79 Å². The van der Waals surface area contributed by atoms with Gasteiger partial charge in [0.15, 0.2) is 0 Å². The first-order chi connectivity index (χ1) is 14.4. The fourth-order valence-corrected chi connectivity index (χ4v) is 3.90. The summed E-state index contributed by atoms with van der Waals surface area (Å²) in [6.45, 7) is 10.2. The minimum atomic E-state index is -0.219. The van der Waals surface area contributed by atoms with Gasteiger partial charge in [0.2, 0.25) is 0 Å². The number of halogens is 1. The molecule has 1 aromatic heterocycles. The van der Waals surface area contributed by atoms with Crippen LogP contribution in [0.5, 0.6) is 0 Å². The van der Waals surface area contributed by atoms with Gasteiger partial charge in [0.05, 0.1) is 6.21 Å². The Morgan fingerprint density at radius 2 is 1.70 bits per heavy atom. The van der Waals surface area contributed by atoms with Crippen LogP contribution in [0.4, 0.5) is 5.69 Å². The lowest BCUT2D eigenvalue weighted by Gasteiger charge is -2.20. The van der Waals surface area contributed by atoms with Gasteiger partial charge in [0.1, 0.15) is 0 Å². The number of nitrogens with one attached hydrogen (secondary N) is 1. The second kappa shape index (κ2) is 9.93. The van der Waals surface area contributed by atoms with Crippen LogP contribution in [0.15, 0.2) is 59.7 Å². The van der Waals surface area contributed by atoms with Crippen molar-refractivity contribution in [1.29, 1.82) is 0 Å². The number of nitrogens with zero attached hydrogens (tertiary/aromatic N) is 3. The summed E-state index contributed by atoms with van der Waals surface area (Å²) in [5.74, 6) is -0.219. The van der Waals surface area contributed by atoms with Crippen LogP contribution >= 0.6 is 22.6 Å². The van der Waals surface area contributed by atoms with Crippen LogP contribution in [-0.2, 0) is 0 Å². The largest absolute Gasteiger partial charge is 0.372 e. The quantitative estimate of drug-likeness (QED) is 0.264. The second-order valence-electron chi connectivity index (χ2n) is 7.06. The van der Waals surface area contributed by atoms with Crippen LogP contribution in [0.1, 0.15) is 41.2 Å². The second-order valence-corrected chi connectivity index (χ2v) is 8.30. The molecule has 0 saturated heterocycles. The van der Waals surface area contributed by atoms with Gasteiger partial charge in [-0.25, -0.2) is 5.43 Å². The third-order valence-corrected chi connectivity index (χ3v) is 5.90. The van der Waals surface area contributed by atoms with E-state index in [2.05, 4.69) is 101 Å². The molecule has 0 bridgehead atoms. The fraction of sp³-hybridized carbons (Fsp3) is 0.250. The van der Waals surface area contributed by atoms with Gasteiger partial charge in [0.25, 0.3) is 5.91 Å². The number of anilines is 1. The number of carbonyl (C=O) groups excluding carboxylic acids is 1. The Hall–Kier alpha value is -2.61. The van der Waals surface area contributed by atoms with Gasteiger partial charge >= 0.3 is 0 Å². The van der Waals surface area contributed by atoms with Gasteiger partial charge in [-0.2, -0.15) is 5.10 Å². The van der Waals surface area contributed by atoms with Crippen molar-refractivity contribution in [3.8, 4) is 5.69 Å². The Balaban J connectivity index is 1.70. The number of hydrazone groups is 1. The number of rotatable bonds is 7. The summed E-state index contributed by atoms with van der Waals surface area (Å²) < 4.78 is 3.39. The molecule has 1 N–H and O–H groups in total. The molecule has 1 amide bonds. The summed E-state index contributed by atoms with van der Waals surface area (Å²) in [6, 6.07) is 18.1. The van der Waals surface area contributed by atoms with Crippen molar-refractivity contribution >= 4 is 40.4 Å². The number of carbonyl (C=O) groups is 1. The van der Waals surface area contributed by atoms with E-state index in [1.54, 1.807) is 6.21 Å². The average molecular weight is 514 g/mol. The number of amides is 1. The average Bonchev–Trinajstić information content (AvgIpc) is 3.03. The number of aryl methyl sites for hydroxylation is 1. The Kier molecular flexibility index (Phi) is 7.31. The fourth-order valence-electron chi connectivity index (χ4n) is 3.54. The summed E-state index contributed by atoms with van der Waals surface area (Å²) in [7, 11) is 0. The molecule has 6 heteroatoms. The van der Waals surface area contributed by atoms with E-state index in [0.29, 0.717) is 5.56 Å². The van der Waals surface area contributed by atoms with Gasteiger partial charge < -0.3 is 9.47 Å². The highest BCUT2D eigenvalue weighted by Gasteiger charge is 2.10. The Bertz CT molecular complexity index is 1030. The molecule has 5 nitrogen and oxygen atoms in total. The zero-order chi connectivity index (χ0) is 21.7. The normalized spacial score (nSPS) is 11.1. The zero-order valence-electron chi connectivity index (χ0n) is 17.8. The van der Waals surface area contributed by atoms with Gasteiger partial charge in [0, 0.05) is 50.5 Å². The van der Waals surface area contributed by atoms with E-state index in [-0.39, 0.29) is 5.91 Å². The van der Waals surface area contributed by atoms with Crippen LogP contribution in [0.25, 0.3) is 5.69 Å². The van der Waals surface area contributed by atoms with Crippen molar-refractivity contribution in [2.45, 2.75) is 27.7 Å². The first kappa shape index (κ1) is 22.1. The highest BCUT2D eigenvalue weighted by Crippen LogP contribution is 2.20. The highest BCUT2D eigenvalue weighted by atomic mass is 127. The molecule has 0 aliphatic rings. The molecule has 2 aromatic carbocycles. The van der Waals surface area contributed by atoms with E-state index >= 15 is 0 Å². The summed E-state index contributed by atoms with van der Waals surface area (Å²) >= 11 is 2.30. The predicted molar refractivity (Wildman–Crippen MR) is 133 cm³/mol. The van der Waals surface area contributed by atoms with Crippen molar-refractivity contribution in [2.75, 3.05) is 18.0 Å². The molecule has 30 heavy (non-hydrogen) atoms. The number of hydrogen-bond donors (Lipinski definition) is 1. The SMILES string of the molecule is CCN(CC)c1ccc(C(=O)NN=Cc2cc(C)n(-c3ccc(I)cc3)c2C)cc1. The Labute approximate surface area is 191 Å². The zero-order valence-corrected chi connectivity index (χ0v) is 20.0. The van der Waals surface area contributed by atoms with Crippen molar-refractivity contribution in [1.82, 2.24) is 9.99 Å². The highest BCUT2D eigenvalue weighted by molar-refractivity contribution is 14.1. The number of benzene rings is 2. The molecule has 0 saturated carbocycles. The molecule has 3 rings (SSSR count). The molecule has 0 fully saturated rings. The number of hydrogen-bond acceptors (Lipinski definition) is 3. The molecular formula is C24H27IN4O. The van der Waals surface area contributed by atoms with Crippen LogP contribution in [0.3, 0.4) is 0 Å². The van der Waals surface area contributed by atoms with Crippen molar-refractivity contribution in [2.24, 2.45) is 5.10 Å². The van der Waals surface area contributed by atoms with E-state index in [1.165, 1.54) is 3.57 Å².